The van der Waals surface area contributed by atoms with Crippen molar-refractivity contribution < 1.29 is 19.1 Å². The Hall–Kier alpha value is -1.58. The normalized spacial score (nSPS) is 19.7. The Morgan fingerprint density at radius 3 is 1.22 bits per heavy atom. The number of carbonyl (C=O) groups excluding carboxylic acids is 2. The zero-order valence-electron chi connectivity index (χ0n) is 17.0. The Bertz CT molecular complexity index is 413. The van der Waals surface area contributed by atoms with Crippen LogP contribution in [0.2, 0.25) is 0 Å². The third-order valence-corrected chi connectivity index (χ3v) is 5.54. The molecule has 0 aliphatic heterocycles. The van der Waals surface area contributed by atoms with Crippen LogP contribution in [0.5, 0.6) is 0 Å². The Balaban J connectivity index is 2.76. The van der Waals surface area contributed by atoms with Crippen molar-refractivity contribution in [2.24, 2.45) is 5.41 Å². The minimum absolute atomic E-state index is 0.280. The van der Waals surface area contributed by atoms with E-state index >= 15 is 0 Å². The molecule has 0 spiro atoms. The Morgan fingerprint density at radius 1 is 0.630 bits per heavy atom. The zero-order chi connectivity index (χ0) is 19.8. The summed E-state index contributed by atoms with van der Waals surface area (Å²) >= 11 is 0. The van der Waals surface area contributed by atoms with Gasteiger partial charge in [-0.1, -0.05) is 90.2 Å². The molecule has 1 fully saturated rings. The molecule has 1 aliphatic carbocycles. The lowest BCUT2D eigenvalue weighted by Crippen LogP contribution is -2.34. The van der Waals surface area contributed by atoms with Crippen molar-refractivity contribution in [2.45, 2.75) is 89.9 Å². The smallest absolute Gasteiger partial charge is 0.330 e. The van der Waals surface area contributed by atoms with E-state index in [1.54, 1.807) is 0 Å². The molecule has 4 heteroatoms. The van der Waals surface area contributed by atoms with Crippen LogP contribution in [-0.2, 0) is 19.1 Å². The molecule has 0 aromatic rings. The first-order valence-electron chi connectivity index (χ1n) is 10.7. The Morgan fingerprint density at radius 2 is 0.926 bits per heavy atom. The predicted octanol–water partition coefficient (Wildman–Crippen LogP) is 5.91. The summed E-state index contributed by atoms with van der Waals surface area (Å²) in [6, 6.07) is 0. The maximum Gasteiger partial charge on any atom is 0.330 e. The highest BCUT2D eigenvalue weighted by Crippen LogP contribution is 2.33. The molecule has 154 valence electrons. The molecule has 0 unspecified atom stereocenters. The fraction of sp³-hybridized carbons (Fsp3) is 0.739. The minimum Gasteiger partial charge on any atom is -0.462 e. The third kappa shape index (κ3) is 11.0. The maximum atomic E-state index is 11.6. The predicted molar refractivity (Wildman–Crippen MR) is 109 cm³/mol. The number of carbonyl (C=O) groups is 2. The van der Waals surface area contributed by atoms with Crippen LogP contribution >= 0.6 is 0 Å². The summed E-state index contributed by atoms with van der Waals surface area (Å²) in [5, 5.41) is 0. The molecule has 1 saturated carbocycles. The highest BCUT2D eigenvalue weighted by molar-refractivity contribution is 5.81. The summed E-state index contributed by atoms with van der Waals surface area (Å²) in [6.45, 7) is 7.51. The fourth-order valence-corrected chi connectivity index (χ4v) is 3.79. The minimum atomic E-state index is -0.416. The number of hydrogen-bond donors (Lipinski definition) is 0. The quantitative estimate of drug-likeness (QED) is 0.426. The first kappa shape index (κ1) is 23.5. The van der Waals surface area contributed by atoms with Crippen molar-refractivity contribution in [1.29, 1.82) is 0 Å². The zero-order valence-corrected chi connectivity index (χ0v) is 17.0. The van der Waals surface area contributed by atoms with E-state index in [4.69, 9.17) is 9.47 Å². The molecule has 0 heterocycles. The summed E-state index contributed by atoms with van der Waals surface area (Å²) < 4.78 is 10.8. The van der Waals surface area contributed by atoms with Crippen LogP contribution in [0, 0.1) is 5.41 Å². The van der Waals surface area contributed by atoms with E-state index in [2.05, 4.69) is 13.2 Å². The monoisotopic (exact) mass is 378 g/mol. The third-order valence-electron chi connectivity index (χ3n) is 5.54. The van der Waals surface area contributed by atoms with Gasteiger partial charge in [0.15, 0.2) is 0 Å². The lowest BCUT2D eigenvalue weighted by molar-refractivity contribution is -0.149. The van der Waals surface area contributed by atoms with E-state index in [0.717, 1.165) is 25.7 Å². The topological polar surface area (TPSA) is 52.6 Å². The lowest BCUT2D eigenvalue weighted by atomic mass is 9.79. The van der Waals surface area contributed by atoms with E-state index in [-0.39, 0.29) is 18.6 Å². The summed E-state index contributed by atoms with van der Waals surface area (Å²) in [4.78, 5) is 23.3. The molecule has 1 rings (SSSR count). The van der Waals surface area contributed by atoms with Crippen LogP contribution < -0.4 is 0 Å². The van der Waals surface area contributed by atoms with Crippen molar-refractivity contribution in [3.63, 3.8) is 0 Å². The van der Waals surface area contributed by atoms with Crippen molar-refractivity contribution >= 4 is 11.9 Å². The van der Waals surface area contributed by atoms with Crippen molar-refractivity contribution in [3.8, 4) is 0 Å². The van der Waals surface area contributed by atoms with Gasteiger partial charge in [0.25, 0.3) is 0 Å². The second kappa shape index (κ2) is 14.5. The van der Waals surface area contributed by atoms with Crippen LogP contribution in [0.15, 0.2) is 25.3 Å². The van der Waals surface area contributed by atoms with Crippen molar-refractivity contribution in [2.75, 3.05) is 13.2 Å². The SMILES string of the molecule is C=CC(=O)OCC1(COC(=O)C=C)CCCCCCCCCCCCCC1. The highest BCUT2D eigenvalue weighted by Gasteiger charge is 2.32. The van der Waals surface area contributed by atoms with Gasteiger partial charge < -0.3 is 9.47 Å². The summed E-state index contributed by atoms with van der Waals surface area (Å²) in [6.07, 6.45) is 19.1. The average molecular weight is 379 g/mol. The largest absolute Gasteiger partial charge is 0.462 e. The molecular weight excluding hydrogens is 340 g/mol. The van der Waals surface area contributed by atoms with Gasteiger partial charge in [0.05, 0.1) is 0 Å². The van der Waals surface area contributed by atoms with Crippen molar-refractivity contribution in [3.05, 3.63) is 25.3 Å². The number of rotatable bonds is 6. The van der Waals surface area contributed by atoms with Gasteiger partial charge in [0.2, 0.25) is 0 Å². The van der Waals surface area contributed by atoms with Crippen LogP contribution in [0.25, 0.3) is 0 Å². The number of ether oxygens (including phenoxy) is 2. The lowest BCUT2D eigenvalue weighted by Gasteiger charge is -2.33. The first-order chi connectivity index (χ1) is 13.1. The second-order valence-corrected chi connectivity index (χ2v) is 7.87. The van der Waals surface area contributed by atoms with Crippen molar-refractivity contribution in [1.82, 2.24) is 0 Å². The van der Waals surface area contributed by atoms with Gasteiger partial charge in [-0.3, -0.25) is 0 Å². The summed E-state index contributed by atoms with van der Waals surface area (Å²) in [5.74, 6) is -0.833. The van der Waals surface area contributed by atoms with E-state index < -0.39 is 11.9 Å². The van der Waals surface area contributed by atoms with Gasteiger partial charge in [-0.2, -0.15) is 0 Å². The van der Waals surface area contributed by atoms with Crippen LogP contribution in [-0.4, -0.2) is 25.2 Å². The number of hydrogen-bond acceptors (Lipinski definition) is 4. The molecule has 0 bridgehead atoms. The molecule has 0 atom stereocenters. The van der Waals surface area contributed by atoms with Crippen LogP contribution in [0.4, 0.5) is 0 Å². The molecule has 0 N–H and O–H groups in total. The molecule has 0 aromatic heterocycles. The van der Waals surface area contributed by atoms with E-state index in [9.17, 15) is 9.59 Å². The molecule has 0 radical (unpaired) electrons. The van der Waals surface area contributed by atoms with Crippen LogP contribution in [0.3, 0.4) is 0 Å². The van der Waals surface area contributed by atoms with Gasteiger partial charge in [-0.25, -0.2) is 9.59 Å². The van der Waals surface area contributed by atoms with Crippen LogP contribution in [0.1, 0.15) is 89.9 Å². The first-order valence-corrected chi connectivity index (χ1v) is 10.7. The average Bonchev–Trinajstić information content (AvgIpc) is 2.70. The van der Waals surface area contributed by atoms with Gasteiger partial charge in [-0.05, 0) is 12.8 Å². The van der Waals surface area contributed by atoms with E-state index in [1.165, 1.54) is 76.4 Å². The molecule has 4 nitrogen and oxygen atoms in total. The number of esters is 2. The second-order valence-electron chi connectivity index (χ2n) is 7.87. The maximum absolute atomic E-state index is 11.6. The summed E-state index contributed by atoms with van der Waals surface area (Å²) in [5.41, 5.74) is -0.308. The Labute approximate surface area is 165 Å². The highest BCUT2D eigenvalue weighted by atomic mass is 16.5. The molecule has 1 aliphatic rings. The molecule has 0 amide bonds. The Kier molecular flexibility index (Phi) is 12.6. The van der Waals surface area contributed by atoms with Gasteiger partial charge >= 0.3 is 11.9 Å². The molecule has 27 heavy (non-hydrogen) atoms. The standard InChI is InChI=1S/C23H38O4/c1-3-21(24)26-19-23(20-27-22(25)4-2)17-15-13-11-9-7-5-6-8-10-12-14-16-18-23/h3-4H,1-2,5-20H2. The fourth-order valence-electron chi connectivity index (χ4n) is 3.79. The van der Waals surface area contributed by atoms with E-state index in [0.29, 0.717) is 0 Å². The van der Waals surface area contributed by atoms with Gasteiger partial charge in [-0.15, -0.1) is 0 Å². The van der Waals surface area contributed by atoms with Gasteiger partial charge in [0, 0.05) is 17.6 Å². The van der Waals surface area contributed by atoms with Gasteiger partial charge in [0.1, 0.15) is 13.2 Å². The van der Waals surface area contributed by atoms with E-state index in [1.807, 2.05) is 0 Å². The molecular formula is C23H38O4. The molecule has 0 saturated heterocycles. The summed E-state index contributed by atoms with van der Waals surface area (Å²) in [7, 11) is 0. The molecule has 0 aromatic carbocycles.